The number of morpholine rings is 1. The van der Waals surface area contributed by atoms with Crippen molar-refractivity contribution in [1.82, 2.24) is 15.1 Å². The minimum Gasteiger partial charge on any atom is -0.493 e. The second-order valence-corrected chi connectivity index (χ2v) is 10.7. The summed E-state index contributed by atoms with van der Waals surface area (Å²) in [6, 6.07) is 3.12. The molecule has 206 valence electrons. The van der Waals surface area contributed by atoms with Gasteiger partial charge in [0.2, 0.25) is 0 Å². The summed E-state index contributed by atoms with van der Waals surface area (Å²) >= 11 is 6.12. The van der Waals surface area contributed by atoms with Gasteiger partial charge in [0.05, 0.1) is 35.6 Å². The second-order valence-electron chi connectivity index (χ2n) is 10.3. The molecule has 4 heterocycles. The predicted octanol–water partition coefficient (Wildman–Crippen LogP) is 2.95. The van der Waals surface area contributed by atoms with Crippen LogP contribution >= 0.6 is 11.6 Å². The Morgan fingerprint density at radius 1 is 1.16 bits per heavy atom. The molecule has 4 aliphatic heterocycles. The highest BCUT2D eigenvalue weighted by atomic mass is 35.5. The van der Waals surface area contributed by atoms with Crippen molar-refractivity contribution in [3.63, 3.8) is 0 Å². The van der Waals surface area contributed by atoms with E-state index in [0.717, 1.165) is 71.4 Å². The molecular formula is C27H41ClN4O5. The van der Waals surface area contributed by atoms with Crippen LogP contribution in [0.3, 0.4) is 0 Å². The number of ether oxygens (including phenoxy) is 3. The van der Waals surface area contributed by atoms with Gasteiger partial charge in [-0.05, 0) is 64.2 Å². The summed E-state index contributed by atoms with van der Waals surface area (Å²) in [5, 5.41) is 3.26. The molecule has 4 saturated heterocycles. The van der Waals surface area contributed by atoms with Crippen molar-refractivity contribution in [2.75, 3.05) is 64.8 Å². The van der Waals surface area contributed by atoms with Gasteiger partial charge in [-0.25, -0.2) is 0 Å². The summed E-state index contributed by atoms with van der Waals surface area (Å²) in [4.78, 5) is 29.9. The Morgan fingerprint density at radius 2 is 1.97 bits per heavy atom. The molecule has 4 fully saturated rings. The number of nitrogens with one attached hydrogen (secondary N) is 1. The van der Waals surface area contributed by atoms with Gasteiger partial charge >= 0.3 is 5.97 Å². The molecule has 3 N–H and O–H groups in total. The fraction of sp³-hybridized carbons (Fsp3) is 0.704. The van der Waals surface area contributed by atoms with E-state index >= 15 is 0 Å². The number of piperidine rings is 3. The third-order valence-corrected chi connectivity index (χ3v) is 7.92. The zero-order valence-electron chi connectivity index (χ0n) is 21.9. The number of fused-ring (bicyclic) bond motifs is 3. The van der Waals surface area contributed by atoms with Gasteiger partial charge in [-0.2, -0.15) is 0 Å². The number of nitrogens with two attached hydrogens (primary N) is 1. The van der Waals surface area contributed by atoms with Crippen molar-refractivity contribution in [1.29, 1.82) is 0 Å². The standard InChI is InChI=1S/C27H41ClN4O5/c1-2-35-24-15-23(29)22(28)14-21(24)27(34)30-16-20-17-31(12-13-36-20)9-5-3-4-6-26(33)37-25-18-32-10-7-19(25)8-11-32/h14-15,19-20,25H,2-13,16-18,29H2,1H3,(H,30,34)/t20-,25?/m1/s1. The average Bonchev–Trinajstić information content (AvgIpc) is 2.90. The fourth-order valence-electron chi connectivity index (χ4n) is 5.48. The van der Waals surface area contributed by atoms with E-state index in [1.54, 1.807) is 6.07 Å². The highest BCUT2D eigenvalue weighted by Crippen LogP contribution is 2.30. The largest absolute Gasteiger partial charge is 0.493 e. The average molecular weight is 537 g/mol. The lowest BCUT2D eigenvalue weighted by Crippen LogP contribution is -2.51. The predicted molar refractivity (Wildman–Crippen MR) is 143 cm³/mol. The first-order valence-electron chi connectivity index (χ1n) is 13.7. The molecule has 4 aliphatic rings. The molecule has 37 heavy (non-hydrogen) atoms. The van der Waals surface area contributed by atoms with Crippen molar-refractivity contribution in [2.24, 2.45) is 5.92 Å². The number of amides is 1. The summed E-state index contributed by atoms with van der Waals surface area (Å²) in [6.07, 6.45) is 5.70. The van der Waals surface area contributed by atoms with E-state index in [9.17, 15) is 9.59 Å². The van der Waals surface area contributed by atoms with Crippen LogP contribution in [0.2, 0.25) is 5.02 Å². The number of nitrogen functional groups attached to an aromatic ring is 1. The number of carbonyl (C=O) groups is 2. The lowest BCUT2D eigenvalue weighted by atomic mass is 9.86. The normalized spacial score (nSPS) is 25.6. The number of carbonyl (C=O) groups excluding carboxylic acids is 2. The molecule has 9 nitrogen and oxygen atoms in total. The van der Waals surface area contributed by atoms with Crippen LogP contribution in [0.4, 0.5) is 5.69 Å². The van der Waals surface area contributed by atoms with Crippen molar-refractivity contribution in [3.05, 3.63) is 22.7 Å². The molecule has 0 aliphatic carbocycles. The number of nitrogens with zero attached hydrogens (tertiary/aromatic N) is 2. The van der Waals surface area contributed by atoms with E-state index in [4.69, 9.17) is 31.5 Å². The molecule has 5 rings (SSSR count). The first kappa shape index (κ1) is 28.0. The van der Waals surface area contributed by atoms with Crippen LogP contribution in [-0.2, 0) is 14.3 Å². The van der Waals surface area contributed by atoms with Crippen LogP contribution in [0, 0.1) is 5.92 Å². The van der Waals surface area contributed by atoms with Gasteiger partial charge in [-0.1, -0.05) is 18.0 Å². The van der Waals surface area contributed by atoms with E-state index in [1.165, 1.54) is 6.07 Å². The summed E-state index contributed by atoms with van der Waals surface area (Å²) in [6.45, 7) is 9.08. The van der Waals surface area contributed by atoms with Gasteiger partial charge in [0.25, 0.3) is 5.91 Å². The number of anilines is 1. The number of hydrogen-bond donors (Lipinski definition) is 2. The Morgan fingerprint density at radius 3 is 2.70 bits per heavy atom. The van der Waals surface area contributed by atoms with Crippen molar-refractivity contribution in [2.45, 2.75) is 57.7 Å². The number of esters is 1. The monoisotopic (exact) mass is 536 g/mol. The second kappa shape index (κ2) is 13.6. The Labute approximate surface area is 224 Å². The van der Waals surface area contributed by atoms with E-state index in [2.05, 4.69) is 15.1 Å². The smallest absolute Gasteiger partial charge is 0.306 e. The van der Waals surface area contributed by atoms with Crippen LogP contribution in [0.5, 0.6) is 5.75 Å². The molecular weight excluding hydrogens is 496 g/mol. The molecule has 1 amide bonds. The Balaban J connectivity index is 1.12. The zero-order valence-corrected chi connectivity index (χ0v) is 22.6. The number of rotatable bonds is 12. The number of halogens is 1. The molecule has 0 radical (unpaired) electrons. The maximum atomic E-state index is 12.8. The summed E-state index contributed by atoms with van der Waals surface area (Å²) < 4.78 is 17.2. The lowest BCUT2D eigenvalue weighted by molar-refractivity contribution is -0.158. The first-order chi connectivity index (χ1) is 17.9. The molecule has 1 aromatic rings. The highest BCUT2D eigenvalue weighted by Gasteiger charge is 2.36. The van der Waals surface area contributed by atoms with E-state index in [1.807, 2.05) is 6.92 Å². The summed E-state index contributed by atoms with van der Waals surface area (Å²) in [7, 11) is 0. The molecule has 10 heteroatoms. The summed E-state index contributed by atoms with van der Waals surface area (Å²) in [5.41, 5.74) is 6.59. The van der Waals surface area contributed by atoms with Crippen LogP contribution in [-0.4, -0.2) is 92.9 Å². The molecule has 1 unspecified atom stereocenters. The van der Waals surface area contributed by atoms with E-state index in [0.29, 0.717) is 54.1 Å². The Kier molecular flexibility index (Phi) is 10.3. The van der Waals surface area contributed by atoms with Gasteiger partial charge in [-0.15, -0.1) is 0 Å². The van der Waals surface area contributed by atoms with Crippen LogP contribution in [0.1, 0.15) is 55.8 Å². The zero-order chi connectivity index (χ0) is 26.2. The van der Waals surface area contributed by atoms with E-state index < -0.39 is 0 Å². The highest BCUT2D eigenvalue weighted by molar-refractivity contribution is 6.33. The van der Waals surface area contributed by atoms with Crippen LogP contribution in [0.15, 0.2) is 12.1 Å². The molecule has 1 aromatic carbocycles. The topological polar surface area (TPSA) is 106 Å². The number of benzene rings is 1. The van der Waals surface area contributed by atoms with Crippen LogP contribution < -0.4 is 15.8 Å². The summed E-state index contributed by atoms with van der Waals surface area (Å²) in [5.74, 6) is 0.664. The lowest BCUT2D eigenvalue weighted by Gasteiger charge is -2.43. The fourth-order valence-corrected chi connectivity index (χ4v) is 5.65. The molecule has 2 atom stereocenters. The minimum atomic E-state index is -0.267. The number of hydrogen-bond acceptors (Lipinski definition) is 8. The van der Waals surface area contributed by atoms with Gasteiger partial charge in [0, 0.05) is 38.7 Å². The Hall–Kier alpha value is -2.07. The molecule has 0 aromatic heterocycles. The SMILES string of the molecule is CCOc1cc(N)c(Cl)cc1C(=O)NC[C@@H]1CN(CCCCCC(=O)OC2CN3CCC2CC3)CCO1. The third kappa shape index (κ3) is 7.96. The first-order valence-corrected chi connectivity index (χ1v) is 14.1. The quantitative estimate of drug-likeness (QED) is 0.238. The molecule has 0 spiro atoms. The van der Waals surface area contributed by atoms with Crippen molar-refractivity contribution in [3.8, 4) is 5.75 Å². The maximum absolute atomic E-state index is 12.8. The maximum Gasteiger partial charge on any atom is 0.306 e. The van der Waals surface area contributed by atoms with E-state index in [-0.39, 0.29) is 24.1 Å². The van der Waals surface area contributed by atoms with Crippen LogP contribution in [0.25, 0.3) is 0 Å². The third-order valence-electron chi connectivity index (χ3n) is 7.59. The van der Waals surface area contributed by atoms with Gasteiger partial charge in [-0.3, -0.25) is 19.4 Å². The number of unbranched alkanes of at least 4 members (excludes halogenated alkanes) is 2. The van der Waals surface area contributed by atoms with Gasteiger partial charge < -0.3 is 25.3 Å². The van der Waals surface area contributed by atoms with Gasteiger partial charge in [0.15, 0.2) is 0 Å². The van der Waals surface area contributed by atoms with Gasteiger partial charge in [0.1, 0.15) is 11.9 Å². The molecule has 0 saturated carbocycles. The van der Waals surface area contributed by atoms with Crippen molar-refractivity contribution < 1.29 is 23.8 Å². The molecule has 2 bridgehead atoms. The minimum absolute atomic E-state index is 0.0455. The van der Waals surface area contributed by atoms with Crippen molar-refractivity contribution >= 4 is 29.2 Å². The Bertz CT molecular complexity index is 924.